The Balaban J connectivity index is 2.08. The van der Waals surface area contributed by atoms with Crippen LogP contribution in [-0.2, 0) is 4.74 Å². The van der Waals surface area contributed by atoms with E-state index in [1.54, 1.807) is 7.05 Å². The largest absolute Gasteiger partial charge is 0.443 e. The van der Waals surface area contributed by atoms with Crippen LogP contribution in [0.1, 0.15) is 31.9 Å². The second-order valence-corrected chi connectivity index (χ2v) is 6.20. The minimum absolute atomic E-state index is 0.374. The van der Waals surface area contributed by atoms with E-state index in [2.05, 4.69) is 11.8 Å². The first-order valence-corrected chi connectivity index (χ1v) is 7.49. The van der Waals surface area contributed by atoms with Gasteiger partial charge in [-0.25, -0.2) is 4.79 Å². The predicted molar refractivity (Wildman–Crippen MR) is 93.5 cm³/mol. The summed E-state index contributed by atoms with van der Waals surface area (Å²) in [6, 6.07) is 17.3. The van der Waals surface area contributed by atoms with Gasteiger partial charge in [-0.05, 0) is 57.2 Å². The van der Waals surface area contributed by atoms with E-state index in [1.807, 2.05) is 75.4 Å². The van der Waals surface area contributed by atoms with Crippen LogP contribution >= 0.6 is 0 Å². The van der Waals surface area contributed by atoms with E-state index in [-0.39, 0.29) is 6.09 Å². The van der Waals surface area contributed by atoms with Crippen LogP contribution < -0.4 is 4.90 Å². The Hall–Kier alpha value is -2.73. The summed E-state index contributed by atoms with van der Waals surface area (Å²) in [5.41, 5.74) is 2.13. The molecule has 0 bridgehead atoms. The molecular formula is C20H21NO2. The number of ether oxygens (including phenoxy) is 1. The number of amides is 1. The lowest BCUT2D eigenvalue weighted by molar-refractivity contribution is 0.0589. The first-order valence-electron chi connectivity index (χ1n) is 7.49. The van der Waals surface area contributed by atoms with Gasteiger partial charge in [0.1, 0.15) is 5.60 Å². The molecule has 23 heavy (non-hydrogen) atoms. The zero-order chi connectivity index (χ0) is 16.9. The maximum absolute atomic E-state index is 12.0. The van der Waals surface area contributed by atoms with Crippen LogP contribution in [0.15, 0.2) is 54.6 Å². The topological polar surface area (TPSA) is 29.5 Å². The van der Waals surface area contributed by atoms with Crippen molar-refractivity contribution in [1.82, 2.24) is 0 Å². The standard InChI is InChI=1S/C20H21NO2/c1-20(2,3)23-19(22)21(4)18-14-12-17(13-15-18)11-10-16-8-6-5-7-9-16/h5-9,12-15H,1-4H3. The molecule has 0 aliphatic heterocycles. The van der Waals surface area contributed by atoms with E-state index < -0.39 is 5.60 Å². The highest BCUT2D eigenvalue weighted by molar-refractivity contribution is 5.87. The Bertz CT molecular complexity index is 716. The van der Waals surface area contributed by atoms with Crippen LogP contribution in [0, 0.1) is 11.8 Å². The van der Waals surface area contributed by atoms with Gasteiger partial charge in [-0.3, -0.25) is 4.90 Å². The van der Waals surface area contributed by atoms with Crippen LogP contribution in [0.4, 0.5) is 10.5 Å². The van der Waals surface area contributed by atoms with E-state index in [9.17, 15) is 4.79 Å². The first kappa shape index (κ1) is 16.6. The molecule has 0 N–H and O–H groups in total. The summed E-state index contributed by atoms with van der Waals surface area (Å²) in [4.78, 5) is 13.5. The zero-order valence-corrected chi connectivity index (χ0v) is 14.0. The molecule has 0 heterocycles. The molecule has 0 fully saturated rings. The van der Waals surface area contributed by atoms with Gasteiger partial charge in [0.05, 0.1) is 0 Å². The average Bonchev–Trinajstić information content (AvgIpc) is 2.52. The molecule has 118 valence electrons. The third kappa shape index (κ3) is 5.19. The summed E-state index contributed by atoms with van der Waals surface area (Å²) in [7, 11) is 1.69. The fourth-order valence-electron chi connectivity index (χ4n) is 1.87. The van der Waals surface area contributed by atoms with Crippen molar-refractivity contribution in [2.75, 3.05) is 11.9 Å². The molecule has 0 saturated heterocycles. The summed E-state index contributed by atoms with van der Waals surface area (Å²) in [5.74, 6) is 6.22. The Morgan fingerprint density at radius 3 is 1.96 bits per heavy atom. The third-order valence-corrected chi connectivity index (χ3v) is 3.05. The quantitative estimate of drug-likeness (QED) is 0.728. The molecule has 0 radical (unpaired) electrons. The van der Waals surface area contributed by atoms with Crippen LogP contribution in [0.3, 0.4) is 0 Å². The molecule has 0 atom stereocenters. The van der Waals surface area contributed by atoms with Gasteiger partial charge in [0.2, 0.25) is 0 Å². The van der Waals surface area contributed by atoms with Gasteiger partial charge in [0, 0.05) is 23.9 Å². The Labute approximate surface area is 137 Å². The summed E-state index contributed by atoms with van der Waals surface area (Å²) in [6.07, 6.45) is -0.374. The maximum atomic E-state index is 12.0. The molecule has 0 aromatic heterocycles. The van der Waals surface area contributed by atoms with E-state index in [0.717, 1.165) is 16.8 Å². The van der Waals surface area contributed by atoms with Crippen molar-refractivity contribution in [2.45, 2.75) is 26.4 Å². The Kier molecular flexibility index (Phi) is 5.08. The van der Waals surface area contributed by atoms with Crippen LogP contribution in [0.5, 0.6) is 0 Å². The first-order chi connectivity index (χ1) is 10.8. The Morgan fingerprint density at radius 2 is 1.43 bits per heavy atom. The van der Waals surface area contributed by atoms with Crippen molar-refractivity contribution < 1.29 is 9.53 Å². The summed E-state index contributed by atoms with van der Waals surface area (Å²) in [6.45, 7) is 5.54. The molecular weight excluding hydrogens is 286 g/mol. The second-order valence-electron chi connectivity index (χ2n) is 6.20. The summed E-state index contributed by atoms with van der Waals surface area (Å²) >= 11 is 0. The highest BCUT2D eigenvalue weighted by Crippen LogP contribution is 2.17. The minimum Gasteiger partial charge on any atom is -0.443 e. The van der Waals surface area contributed by atoms with Crippen molar-refractivity contribution in [3.05, 3.63) is 65.7 Å². The third-order valence-electron chi connectivity index (χ3n) is 3.05. The van der Waals surface area contributed by atoms with Crippen molar-refractivity contribution in [3.63, 3.8) is 0 Å². The number of anilines is 1. The highest BCUT2D eigenvalue weighted by atomic mass is 16.6. The van der Waals surface area contributed by atoms with Crippen molar-refractivity contribution in [3.8, 4) is 11.8 Å². The molecule has 0 aliphatic carbocycles. The smallest absolute Gasteiger partial charge is 0.414 e. The number of nitrogens with zero attached hydrogens (tertiary/aromatic N) is 1. The van der Waals surface area contributed by atoms with Gasteiger partial charge in [-0.15, -0.1) is 0 Å². The average molecular weight is 307 g/mol. The predicted octanol–water partition coefficient (Wildman–Crippen LogP) is 4.46. The molecule has 2 aromatic rings. The molecule has 1 amide bonds. The van der Waals surface area contributed by atoms with Crippen LogP contribution in [0.2, 0.25) is 0 Å². The maximum Gasteiger partial charge on any atom is 0.414 e. The van der Waals surface area contributed by atoms with Gasteiger partial charge in [0.25, 0.3) is 0 Å². The van der Waals surface area contributed by atoms with Crippen molar-refractivity contribution >= 4 is 11.8 Å². The van der Waals surface area contributed by atoms with Crippen LogP contribution in [0.25, 0.3) is 0 Å². The number of rotatable bonds is 1. The lowest BCUT2D eigenvalue weighted by Gasteiger charge is -2.24. The fraction of sp³-hybridized carbons (Fsp3) is 0.250. The zero-order valence-electron chi connectivity index (χ0n) is 14.0. The highest BCUT2D eigenvalue weighted by Gasteiger charge is 2.20. The van der Waals surface area contributed by atoms with Gasteiger partial charge in [-0.1, -0.05) is 30.0 Å². The van der Waals surface area contributed by atoms with Gasteiger partial charge in [0.15, 0.2) is 0 Å². The molecule has 0 unspecified atom stereocenters. The monoisotopic (exact) mass is 307 g/mol. The minimum atomic E-state index is -0.507. The molecule has 2 aromatic carbocycles. The summed E-state index contributed by atoms with van der Waals surface area (Å²) in [5, 5.41) is 0. The van der Waals surface area contributed by atoms with E-state index >= 15 is 0 Å². The van der Waals surface area contributed by atoms with Crippen molar-refractivity contribution in [2.24, 2.45) is 0 Å². The lowest BCUT2D eigenvalue weighted by Crippen LogP contribution is -2.34. The number of hydrogen-bond acceptors (Lipinski definition) is 2. The van der Waals surface area contributed by atoms with Gasteiger partial charge in [-0.2, -0.15) is 0 Å². The van der Waals surface area contributed by atoms with E-state index in [0.29, 0.717) is 0 Å². The van der Waals surface area contributed by atoms with E-state index in [4.69, 9.17) is 4.74 Å². The molecule has 0 spiro atoms. The molecule has 3 heteroatoms. The second kappa shape index (κ2) is 7.02. The Morgan fingerprint density at radius 1 is 0.913 bits per heavy atom. The molecule has 0 saturated carbocycles. The van der Waals surface area contributed by atoms with Gasteiger partial charge < -0.3 is 4.74 Å². The number of carbonyl (C=O) groups is 1. The number of hydrogen-bond donors (Lipinski definition) is 0. The normalized spacial score (nSPS) is 10.4. The summed E-state index contributed by atoms with van der Waals surface area (Å²) < 4.78 is 5.35. The number of carbonyl (C=O) groups excluding carboxylic acids is 1. The molecule has 2 rings (SSSR count). The molecule has 3 nitrogen and oxygen atoms in total. The number of benzene rings is 2. The van der Waals surface area contributed by atoms with Crippen molar-refractivity contribution in [1.29, 1.82) is 0 Å². The SMILES string of the molecule is CN(C(=O)OC(C)(C)C)c1ccc(C#Cc2ccccc2)cc1. The van der Waals surface area contributed by atoms with Gasteiger partial charge >= 0.3 is 6.09 Å². The fourth-order valence-corrected chi connectivity index (χ4v) is 1.87. The van der Waals surface area contributed by atoms with Crippen LogP contribution in [-0.4, -0.2) is 18.7 Å². The van der Waals surface area contributed by atoms with E-state index in [1.165, 1.54) is 4.90 Å². The lowest BCUT2D eigenvalue weighted by atomic mass is 10.1. The molecule has 0 aliphatic rings.